The maximum Gasteiger partial charge on any atom is 0.293 e. The lowest BCUT2D eigenvalue weighted by Gasteiger charge is -2.32. The lowest BCUT2D eigenvalue weighted by Crippen LogP contribution is -2.39. The van der Waals surface area contributed by atoms with Gasteiger partial charge in [0.2, 0.25) is 0 Å². The quantitative estimate of drug-likeness (QED) is 0.859. The molecule has 5 heteroatoms. The number of piperidine rings is 1. The minimum atomic E-state index is 0.0253. The van der Waals surface area contributed by atoms with Crippen molar-refractivity contribution in [2.45, 2.75) is 32.7 Å². The maximum atomic E-state index is 12.1. The van der Waals surface area contributed by atoms with E-state index < -0.39 is 0 Å². The summed E-state index contributed by atoms with van der Waals surface area (Å²) in [7, 11) is 0. The minimum absolute atomic E-state index is 0.0253. The Morgan fingerprint density at radius 1 is 1.44 bits per heavy atom. The van der Waals surface area contributed by atoms with E-state index in [1.54, 1.807) is 17.0 Å². The zero-order valence-electron chi connectivity index (χ0n) is 11.0. The van der Waals surface area contributed by atoms with Crippen molar-refractivity contribution in [3.63, 3.8) is 0 Å². The fourth-order valence-electron chi connectivity index (χ4n) is 2.57. The van der Waals surface area contributed by atoms with Gasteiger partial charge in [-0.3, -0.25) is 4.79 Å². The van der Waals surface area contributed by atoms with Crippen molar-refractivity contribution in [1.29, 1.82) is 0 Å². The molecule has 1 saturated heterocycles. The second-order valence-corrected chi connectivity index (χ2v) is 4.85. The maximum absolute atomic E-state index is 12.1. The number of hydrogen-bond acceptors (Lipinski definition) is 4. The molecule has 0 amide bonds. The number of aryl methyl sites for hydroxylation is 1. The molecule has 1 aliphatic rings. The molecule has 0 saturated carbocycles. The Labute approximate surface area is 108 Å². The summed E-state index contributed by atoms with van der Waals surface area (Å²) in [6.45, 7) is 5.26. The second-order valence-electron chi connectivity index (χ2n) is 4.85. The Balaban J connectivity index is 2.08. The summed E-state index contributed by atoms with van der Waals surface area (Å²) < 4.78 is 1.70. The standard InChI is InChI=1S/C13H22N4O/c1-2-16-10-7-15-12(13(16)18)17-8-4-11(3-6-14)5-9-17/h7,10-11H,2-6,8-9,14H2,1H3. The lowest BCUT2D eigenvalue weighted by atomic mass is 9.94. The van der Waals surface area contributed by atoms with Gasteiger partial charge in [-0.1, -0.05) is 0 Å². The molecule has 1 fully saturated rings. The third-order valence-corrected chi connectivity index (χ3v) is 3.73. The van der Waals surface area contributed by atoms with Gasteiger partial charge >= 0.3 is 0 Å². The van der Waals surface area contributed by atoms with Crippen molar-refractivity contribution in [2.24, 2.45) is 11.7 Å². The summed E-state index contributed by atoms with van der Waals surface area (Å²) in [4.78, 5) is 18.5. The summed E-state index contributed by atoms with van der Waals surface area (Å²) in [6, 6.07) is 0. The van der Waals surface area contributed by atoms with Crippen LogP contribution < -0.4 is 16.2 Å². The molecular weight excluding hydrogens is 228 g/mol. The average Bonchev–Trinajstić information content (AvgIpc) is 2.41. The first kappa shape index (κ1) is 13.1. The molecule has 1 aromatic rings. The molecule has 0 aliphatic carbocycles. The first-order valence-electron chi connectivity index (χ1n) is 6.76. The molecule has 2 rings (SSSR count). The molecule has 2 N–H and O–H groups in total. The molecule has 0 atom stereocenters. The lowest BCUT2D eigenvalue weighted by molar-refractivity contribution is 0.384. The van der Waals surface area contributed by atoms with Crippen LogP contribution in [0.2, 0.25) is 0 Å². The third kappa shape index (κ3) is 2.72. The summed E-state index contributed by atoms with van der Waals surface area (Å²) in [5.74, 6) is 1.31. The topological polar surface area (TPSA) is 64.2 Å². The molecule has 1 aliphatic heterocycles. The monoisotopic (exact) mass is 250 g/mol. The van der Waals surface area contributed by atoms with Crippen LogP contribution in [0.5, 0.6) is 0 Å². The van der Waals surface area contributed by atoms with Gasteiger partial charge in [-0.25, -0.2) is 4.98 Å². The van der Waals surface area contributed by atoms with Crippen LogP contribution in [-0.4, -0.2) is 29.2 Å². The summed E-state index contributed by atoms with van der Waals surface area (Å²) in [6.07, 6.45) is 6.77. The molecule has 0 radical (unpaired) electrons. The molecule has 0 spiro atoms. The second kappa shape index (κ2) is 6.00. The highest BCUT2D eigenvalue weighted by atomic mass is 16.1. The predicted octanol–water partition coefficient (Wildman–Crippen LogP) is 0.828. The third-order valence-electron chi connectivity index (χ3n) is 3.73. The highest BCUT2D eigenvalue weighted by Gasteiger charge is 2.21. The Hall–Kier alpha value is -1.36. The van der Waals surface area contributed by atoms with Crippen LogP contribution in [0.15, 0.2) is 17.2 Å². The van der Waals surface area contributed by atoms with Gasteiger partial charge in [-0.15, -0.1) is 0 Å². The number of nitrogens with two attached hydrogens (primary N) is 1. The summed E-state index contributed by atoms with van der Waals surface area (Å²) >= 11 is 0. The van der Waals surface area contributed by atoms with E-state index >= 15 is 0 Å². The molecule has 0 aromatic carbocycles. The molecule has 18 heavy (non-hydrogen) atoms. The highest BCUT2D eigenvalue weighted by molar-refractivity contribution is 5.36. The van der Waals surface area contributed by atoms with E-state index in [2.05, 4.69) is 9.88 Å². The van der Waals surface area contributed by atoms with E-state index in [4.69, 9.17) is 5.73 Å². The van der Waals surface area contributed by atoms with Gasteiger partial charge in [0.15, 0.2) is 5.82 Å². The minimum Gasteiger partial charge on any atom is -0.352 e. The van der Waals surface area contributed by atoms with Gasteiger partial charge < -0.3 is 15.2 Å². The van der Waals surface area contributed by atoms with Gasteiger partial charge in [0.05, 0.1) is 0 Å². The number of anilines is 1. The van der Waals surface area contributed by atoms with Crippen LogP contribution in [0.25, 0.3) is 0 Å². The molecule has 100 valence electrons. The first-order chi connectivity index (χ1) is 8.76. The normalized spacial score (nSPS) is 17.1. The molecule has 0 bridgehead atoms. The van der Waals surface area contributed by atoms with Crippen molar-refractivity contribution >= 4 is 5.82 Å². The van der Waals surface area contributed by atoms with Crippen molar-refractivity contribution in [3.05, 3.63) is 22.7 Å². The number of nitrogens with zero attached hydrogens (tertiary/aromatic N) is 3. The van der Waals surface area contributed by atoms with E-state index in [0.29, 0.717) is 18.3 Å². The van der Waals surface area contributed by atoms with Crippen molar-refractivity contribution in [3.8, 4) is 0 Å². The van der Waals surface area contributed by atoms with E-state index in [1.165, 1.54) is 0 Å². The molecule has 0 unspecified atom stereocenters. The van der Waals surface area contributed by atoms with Crippen LogP contribution in [0.4, 0.5) is 5.82 Å². The van der Waals surface area contributed by atoms with Crippen LogP contribution >= 0.6 is 0 Å². The Bertz CT molecular complexity index is 435. The predicted molar refractivity (Wildman–Crippen MR) is 72.8 cm³/mol. The Morgan fingerprint density at radius 2 is 2.17 bits per heavy atom. The van der Waals surface area contributed by atoms with Crippen LogP contribution in [0, 0.1) is 5.92 Å². The molecular formula is C13H22N4O. The highest BCUT2D eigenvalue weighted by Crippen LogP contribution is 2.21. The van der Waals surface area contributed by atoms with Crippen LogP contribution in [0.1, 0.15) is 26.2 Å². The van der Waals surface area contributed by atoms with Gasteiger partial charge in [0, 0.05) is 32.0 Å². The van der Waals surface area contributed by atoms with Crippen molar-refractivity contribution in [2.75, 3.05) is 24.5 Å². The Kier molecular flexibility index (Phi) is 4.36. The van der Waals surface area contributed by atoms with Crippen molar-refractivity contribution in [1.82, 2.24) is 9.55 Å². The van der Waals surface area contributed by atoms with Crippen LogP contribution in [-0.2, 0) is 6.54 Å². The van der Waals surface area contributed by atoms with E-state index in [0.717, 1.165) is 38.9 Å². The molecule has 5 nitrogen and oxygen atoms in total. The van der Waals surface area contributed by atoms with Gasteiger partial charge in [0.1, 0.15) is 0 Å². The van der Waals surface area contributed by atoms with Crippen LogP contribution in [0.3, 0.4) is 0 Å². The summed E-state index contributed by atoms with van der Waals surface area (Å²) in [5, 5.41) is 0. The fourth-order valence-corrected chi connectivity index (χ4v) is 2.57. The zero-order chi connectivity index (χ0) is 13.0. The van der Waals surface area contributed by atoms with E-state index in [1.807, 2.05) is 6.92 Å². The Morgan fingerprint density at radius 3 is 2.78 bits per heavy atom. The average molecular weight is 250 g/mol. The van der Waals surface area contributed by atoms with Gasteiger partial charge in [0.25, 0.3) is 5.56 Å². The first-order valence-corrected chi connectivity index (χ1v) is 6.76. The molecule has 2 heterocycles. The number of hydrogen-bond donors (Lipinski definition) is 1. The smallest absolute Gasteiger partial charge is 0.293 e. The van der Waals surface area contributed by atoms with Crippen molar-refractivity contribution < 1.29 is 0 Å². The fraction of sp³-hybridized carbons (Fsp3) is 0.692. The van der Waals surface area contributed by atoms with E-state index in [9.17, 15) is 4.79 Å². The zero-order valence-corrected chi connectivity index (χ0v) is 11.0. The number of rotatable bonds is 4. The number of aromatic nitrogens is 2. The SMILES string of the molecule is CCn1ccnc(N2CCC(CCN)CC2)c1=O. The summed E-state index contributed by atoms with van der Waals surface area (Å²) in [5.41, 5.74) is 5.61. The largest absolute Gasteiger partial charge is 0.352 e. The van der Waals surface area contributed by atoms with E-state index in [-0.39, 0.29) is 5.56 Å². The molecule has 1 aromatic heterocycles. The van der Waals surface area contributed by atoms with Gasteiger partial charge in [-0.2, -0.15) is 0 Å². The van der Waals surface area contributed by atoms with Gasteiger partial charge in [-0.05, 0) is 38.6 Å².